The quantitative estimate of drug-likeness (QED) is 0.0886. The fraction of sp³-hybridized carbons (Fsp3) is 0.273. The summed E-state index contributed by atoms with van der Waals surface area (Å²) in [5, 5.41) is 2.12. The molecule has 0 spiro atoms. The smallest absolute Gasteiger partial charge is 0.203 e. The second kappa shape index (κ2) is 26.5. The number of anilines is 1. The molecule has 4 rings (SSSR count). The number of hydrogen-bond donors (Lipinski definition) is 0. The summed E-state index contributed by atoms with van der Waals surface area (Å²) >= 11 is 0. The Morgan fingerprint density at radius 2 is 1.42 bits per heavy atom. The monoisotopic (exact) mass is 955 g/mol. The van der Waals surface area contributed by atoms with Crippen LogP contribution in [0.4, 0.5) is 5.69 Å². The fourth-order valence-corrected chi connectivity index (χ4v) is 4.52. The minimum absolute atomic E-state index is 0. The van der Waals surface area contributed by atoms with Crippen molar-refractivity contribution in [3.63, 3.8) is 0 Å². The molecule has 10 heteroatoms. The van der Waals surface area contributed by atoms with Crippen LogP contribution in [0.5, 0.6) is 0 Å². The number of benzene rings is 3. The molecule has 0 N–H and O–H groups in total. The zero-order chi connectivity index (χ0) is 26.9. The van der Waals surface area contributed by atoms with Crippen LogP contribution in [0.2, 0.25) is 0 Å². The summed E-state index contributed by atoms with van der Waals surface area (Å²) < 4.78 is 8.79. The standard InChI is InChI=1S/C28H30N2O2.C4H5O.CH3.5Y/c1-5-29(6-2)21-13-15-24-26(17-21)32-27-18-22(30(7-3)8-4)14-16-25(27)28(24)23-12-10-9-11-20(23)19-31;1-4(2)3-5;;;;;;/h9-18H,5-8H2,1-4H3;1H2,2H3;1H3;;;;;/q;2*-1;;;;;. The van der Waals surface area contributed by atoms with E-state index in [4.69, 9.17) is 4.42 Å². The van der Waals surface area contributed by atoms with Crippen molar-refractivity contribution in [2.75, 3.05) is 31.1 Å². The van der Waals surface area contributed by atoms with E-state index in [0.29, 0.717) is 11.1 Å². The number of carbonyl (C=O) groups excluding carboxylic acids is 2. The largest absolute Gasteiger partial charge is 0.456 e. The molecular weight excluding hydrogens is 917 g/mol. The van der Waals surface area contributed by atoms with E-state index in [9.17, 15) is 9.59 Å². The molecule has 43 heavy (non-hydrogen) atoms. The SMILES string of the molecule is C=C(C)[C-]=O.CCN(CC)c1ccc2c(-c3ccccc3[C-]=O)c3ccc(=[N+](CC)CC)cc-3oc2c1.[CH3-].[Y].[Y].[Y].[Y].[Y]. The Hall–Kier alpha value is 1.53. The summed E-state index contributed by atoms with van der Waals surface area (Å²) in [6, 6.07) is 20.4. The molecule has 0 amide bonds. The van der Waals surface area contributed by atoms with Crippen molar-refractivity contribution in [3.8, 4) is 22.5 Å². The summed E-state index contributed by atoms with van der Waals surface area (Å²) in [6.07, 6.45) is 3.71. The molecular formula is C33H38N2O3Y5-2. The molecule has 0 saturated heterocycles. The van der Waals surface area contributed by atoms with Crippen molar-refractivity contribution in [1.82, 2.24) is 4.58 Å². The van der Waals surface area contributed by atoms with Gasteiger partial charge in [0, 0.05) is 205 Å². The molecule has 215 valence electrons. The average Bonchev–Trinajstić information content (AvgIpc) is 2.93. The van der Waals surface area contributed by atoms with Gasteiger partial charge in [0.2, 0.25) is 5.36 Å². The Bertz CT molecular complexity index is 1460. The van der Waals surface area contributed by atoms with Crippen LogP contribution in [0, 0.1) is 7.43 Å². The molecule has 5 radical (unpaired) electrons. The van der Waals surface area contributed by atoms with Crippen molar-refractivity contribution in [3.05, 3.63) is 91.2 Å². The molecule has 1 heterocycles. The van der Waals surface area contributed by atoms with Gasteiger partial charge in [-0.05, 0) is 52.2 Å². The van der Waals surface area contributed by atoms with Crippen LogP contribution in [0.1, 0.15) is 40.2 Å². The van der Waals surface area contributed by atoms with Gasteiger partial charge in [-0.1, -0.05) is 18.6 Å². The van der Waals surface area contributed by atoms with Gasteiger partial charge in [0.25, 0.3) is 0 Å². The predicted octanol–water partition coefficient (Wildman–Crippen LogP) is 6.43. The van der Waals surface area contributed by atoms with Gasteiger partial charge in [0.05, 0.1) is 12.4 Å². The molecule has 1 aliphatic heterocycles. The van der Waals surface area contributed by atoms with Crippen LogP contribution in [-0.2, 0) is 173 Å². The molecule has 0 fully saturated rings. The molecule has 2 aromatic carbocycles. The number of allylic oxidation sites excluding steroid dienone is 1. The van der Waals surface area contributed by atoms with Gasteiger partial charge in [0.15, 0.2) is 0 Å². The fourth-order valence-electron chi connectivity index (χ4n) is 4.52. The maximum Gasteiger partial charge on any atom is 0.203 e. The van der Waals surface area contributed by atoms with E-state index < -0.39 is 0 Å². The van der Waals surface area contributed by atoms with Crippen LogP contribution in [-0.4, -0.2) is 38.8 Å². The number of nitrogens with zero attached hydrogens (tertiary/aromatic N) is 2. The van der Waals surface area contributed by atoms with E-state index in [0.717, 1.165) is 70.6 Å². The van der Waals surface area contributed by atoms with E-state index in [1.165, 1.54) is 0 Å². The van der Waals surface area contributed by atoms with Crippen molar-refractivity contribution in [1.29, 1.82) is 0 Å². The third kappa shape index (κ3) is 13.5. The minimum Gasteiger partial charge on any atom is -0.456 e. The van der Waals surface area contributed by atoms with Gasteiger partial charge in [0.1, 0.15) is 24.4 Å². The number of rotatable bonds is 8. The Labute approximate surface area is 384 Å². The van der Waals surface area contributed by atoms with Crippen molar-refractivity contribution in [2.45, 2.75) is 34.6 Å². The summed E-state index contributed by atoms with van der Waals surface area (Å²) in [4.78, 5) is 23.3. The van der Waals surface area contributed by atoms with Gasteiger partial charge < -0.3 is 26.3 Å². The van der Waals surface area contributed by atoms with Gasteiger partial charge in [-0.15, -0.1) is 23.3 Å². The van der Waals surface area contributed by atoms with E-state index in [1.54, 1.807) is 13.2 Å². The van der Waals surface area contributed by atoms with Gasteiger partial charge in [-0.2, -0.15) is 11.6 Å². The number of hydrogen-bond acceptors (Lipinski definition) is 4. The predicted molar refractivity (Wildman–Crippen MR) is 160 cm³/mol. The van der Waals surface area contributed by atoms with Crippen LogP contribution in [0.15, 0.2) is 77.2 Å². The van der Waals surface area contributed by atoms with Gasteiger partial charge in [-0.3, -0.25) is 0 Å². The van der Waals surface area contributed by atoms with Crippen LogP contribution >= 0.6 is 0 Å². The molecule has 1 aliphatic carbocycles. The molecule has 0 atom stereocenters. The first-order valence-corrected chi connectivity index (χ1v) is 12.8. The zero-order valence-corrected chi connectivity index (χ0v) is 40.5. The van der Waals surface area contributed by atoms with Gasteiger partial charge in [-0.25, -0.2) is 11.2 Å². The molecule has 0 aromatic heterocycles. The van der Waals surface area contributed by atoms with Crippen molar-refractivity contribution < 1.29 is 178 Å². The third-order valence-electron chi connectivity index (χ3n) is 6.43. The minimum atomic E-state index is 0. The van der Waals surface area contributed by atoms with Crippen molar-refractivity contribution >= 4 is 29.2 Å². The molecule has 0 bridgehead atoms. The topological polar surface area (TPSA) is 53.5 Å². The summed E-state index contributed by atoms with van der Waals surface area (Å²) in [5.74, 6) is 0.814. The Kier molecular flexibility index (Phi) is 31.6. The number of fused-ring (bicyclic) bond motifs is 2. The van der Waals surface area contributed by atoms with E-state index in [1.807, 2.05) is 24.3 Å². The molecule has 2 aromatic rings. The second-order valence-electron chi connectivity index (χ2n) is 8.71. The summed E-state index contributed by atoms with van der Waals surface area (Å²) in [5.41, 5.74) is 5.83. The Morgan fingerprint density at radius 3 is 1.93 bits per heavy atom. The van der Waals surface area contributed by atoms with Crippen molar-refractivity contribution in [2.24, 2.45) is 0 Å². The maximum atomic E-state index is 11.8. The maximum absolute atomic E-state index is 11.8. The first-order chi connectivity index (χ1) is 17.9. The van der Waals surface area contributed by atoms with E-state index >= 15 is 0 Å². The third-order valence-corrected chi connectivity index (χ3v) is 6.43. The summed E-state index contributed by atoms with van der Waals surface area (Å²) in [6.45, 7) is 17.2. The van der Waals surface area contributed by atoms with Crippen LogP contribution in [0.25, 0.3) is 33.4 Å². The second-order valence-corrected chi connectivity index (χ2v) is 8.71. The Morgan fingerprint density at radius 1 is 0.837 bits per heavy atom. The molecule has 2 aliphatic rings. The Balaban J connectivity index is -0.000000641. The average molecular weight is 955 g/mol. The van der Waals surface area contributed by atoms with E-state index in [2.05, 4.69) is 86.4 Å². The van der Waals surface area contributed by atoms with Crippen LogP contribution in [0.3, 0.4) is 0 Å². The molecule has 5 nitrogen and oxygen atoms in total. The normalized spacial score (nSPS) is 9.05. The van der Waals surface area contributed by atoms with Gasteiger partial charge >= 0.3 is 0 Å². The zero-order valence-electron chi connectivity index (χ0n) is 26.3. The first-order valence-electron chi connectivity index (χ1n) is 12.8. The van der Waals surface area contributed by atoms with Crippen LogP contribution < -0.4 is 14.8 Å². The van der Waals surface area contributed by atoms with E-state index in [-0.39, 0.29) is 171 Å². The summed E-state index contributed by atoms with van der Waals surface area (Å²) in [7, 11) is 0. The molecule has 0 unspecified atom stereocenters. The first kappa shape index (κ1) is 51.4. The molecule has 0 saturated carbocycles.